The molecule has 0 radical (unpaired) electrons. The van der Waals surface area contributed by atoms with Crippen molar-refractivity contribution in [2.75, 3.05) is 6.54 Å². The number of amides is 1. The molecule has 0 spiro atoms. The van der Waals surface area contributed by atoms with Gasteiger partial charge in [0.2, 0.25) is 5.91 Å². The molecular weight excluding hydrogens is 747 g/mol. The summed E-state index contributed by atoms with van der Waals surface area (Å²) < 4.78 is 8.64. The van der Waals surface area contributed by atoms with Crippen molar-refractivity contribution < 1.29 is 24.2 Å². The number of hydrogen-bond donors (Lipinski definition) is 1. The van der Waals surface area contributed by atoms with Gasteiger partial charge in [-0.2, -0.15) is 0 Å². The predicted octanol–water partition coefficient (Wildman–Crippen LogP) is 11.1. The number of aliphatic carboxylic acids is 1. The minimum absolute atomic E-state index is 0.00437. The van der Waals surface area contributed by atoms with Crippen LogP contribution in [0.1, 0.15) is 151 Å². The van der Waals surface area contributed by atoms with Crippen molar-refractivity contribution in [1.29, 1.82) is 0 Å². The highest BCUT2D eigenvalue weighted by molar-refractivity contribution is 5.85. The van der Waals surface area contributed by atoms with E-state index < -0.39 is 17.3 Å². The van der Waals surface area contributed by atoms with Gasteiger partial charge in [-0.25, -0.2) is 4.98 Å². The van der Waals surface area contributed by atoms with Gasteiger partial charge < -0.3 is 19.3 Å². The smallest absolute Gasteiger partial charge is 0.309 e. The van der Waals surface area contributed by atoms with Crippen molar-refractivity contribution in [3.63, 3.8) is 0 Å². The summed E-state index contributed by atoms with van der Waals surface area (Å²) in [7, 11) is 2.10. The van der Waals surface area contributed by atoms with Gasteiger partial charge in [-0.05, 0) is 142 Å². The molecule has 8 nitrogen and oxygen atoms in total. The molecule has 2 aromatic rings. The second-order valence-corrected chi connectivity index (χ2v) is 23.2. The lowest BCUT2D eigenvalue weighted by Gasteiger charge is -2.73. The standard InChI is InChI=1S/C52H73N3O5/c1-31(2)33-20-25-52(46(59)55-28-14-17-38(55)43-53-37(30-54(43)10)32-15-12-11-13-16-32)27-26-50(8)34(42(33)52)18-19-40-49(7)23-22-41(48(5,6)39(49)21-24-51(40,50)9)60-45(58)36-29-35(44(56)57)47(36,3)4/h11-13,15-16,30,33-36,38-42H,1,14,17-29H2,2-10H3,(H,56,57)/t33-,34+,35-,36+,38-,39?,40?,41-,42?,49-,50+,51+,52-/m0/s1. The second kappa shape index (κ2) is 14.0. The van der Waals surface area contributed by atoms with Crippen LogP contribution in [0.15, 0.2) is 48.7 Å². The van der Waals surface area contributed by atoms with Crippen molar-refractivity contribution in [2.45, 2.75) is 151 Å². The molecule has 1 amide bonds. The average Bonchev–Trinajstić information content (AvgIpc) is 3.93. The van der Waals surface area contributed by atoms with Gasteiger partial charge in [0.25, 0.3) is 0 Å². The third kappa shape index (κ3) is 5.72. The van der Waals surface area contributed by atoms with Gasteiger partial charge in [-0.15, -0.1) is 0 Å². The van der Waals surface area contributed by atoms with Crippen LogP contribution >= 0.6 is 0 Å². The van der Waals surface area contributed by atoms with Crippen molar-refractivity contribution in [3.05, 3.63) is 54.5 Å². The molecule has 2 heterocycles. The maximum atomic E-state index is 15.6. The maximum Gasteiger partial charge on any atom is 0.309 e. The minimum atomic E-state index is -0.816. The molecule has 6 saturated carbocycles. The fraction of sp³-hybridized carbons (Fsp3) is 0.731. The van der Waals surface area contributed by atoms with E-state index in [1.807, 2.05) is 19.9 Å². The fourth-order valence-electron chi connectivity index (χ4n) is 16.8. The third-order valence-corrected chi connectivity index (χ3v) is 20.3. The van der Waals surface area contributed by atoms with Crippen LogP contribution in [0, 0.1) is 73.9 Å². The molecule has 13 atom stereocenters. The Hall–Kier alpha value is -3.42. The van der Waals surface area contributed by atoms with Gasteiger partial charge in [0, 0.05) is 30.8 Å². The zero-order chi connectivity index (χ0) is 42.9. The van der Waals surface area contributed by atoms with Crippen LogP contribution in [0.3, 0.4) is 0 Å². The quantitative estimate of drug-likeness (QED) is 0.220. The third-order valence-electron chi connectivity index (χ3n) is 20.3. The maximum absolute atomic E-state index is 15.6. The van der Waals surface area contributed by atoms with Crippen LogP contribution in [-0.4, -0.2) is 50.1 Å². The van der Waals surface area contributed by atoms with Gasteiger partial charge in [-0.3, -0.25) is 14.4 Å². The lowest BCUT2D eigenvalue weighted by molar-refractivity contribution is -0.251. The number of ether oxygens (including phenoxy) is 1. The van der Waals surface area contributed by atoms with Crippen LogP contribution in [0.5, 0.6) is 0 Å². The van der Waals surface area contributed by atoms with Gasteiger partial charge >= 0.3 is 11.9 Å². The Bertz CT molecular complexity index is 2070. The zero-order valence-electron chi connectivity index (χ0n) is 38.2. The molecule has 3 unspecified atom stereocenters. The number of imidazole rings is 1. The SMILES string of the molecule is C=C(C)[C@@H]1CC[C@]2(C(=O)N3CCC[C@H]3c3nc(-c4ccccc4)cn3C)CC[C@]3(C)[C@H](CCC4[C@@]5(C)CC[C@H](OC(=O)[C@H]6C[C@@H](C(=O)O)C6(C)C)C(C)(C)C5CC[C@]43C)C12. The molecule has 0 bridgehead atoms. The number of carboxylic acid groups (broad SMARTS) is 1. The molecule has 1 aromatic carbocycles. The number of fused-ring (bicyclic) bond motifs is 7. The summed E-state index contributed by atoms with van der Waals surface area (Å²) in [6.07, 6.45) is 14.9. The van der Waals surface area contributed by atoms with E-state index in [1.165, 1.54) is 12.0 Å². The lowest BCUT2D eigenvalue weighted by Crippen LogP contribution is -2.67. The van der Waals surface area contributed by atoms with Crippen molar-refractivity contribution in [2.24, 2.45) is 81.0 Å². The second-order valence-electron chi connectivity index (χ2n) is 23.2. The summed E-state index contributed by atoms with van der Waals surface area (Å²) in [4.78, 5) is 48.7. The van der Waals surface area contributed by atoms with Crippen molar-refractivity contribution >= 4 is 17.8 Å². The molecule has 1 saturated heterocycles. The number of aryl methyl sites for hydroxylation is 1. The molecule has 7 aliphatic rings. The molecule has 8 heteroatoms. The molecule has 9 rings (SSSR count). The molecular formula is C52H73N3O5. The van der Waals surface area contributed by atoms with Crippen LogP contribution in [0.25, 0.3) is 11.3 Å². The van der Waals surface area contributed by atoms with E-state index in [2.05, 4.69) is 95.1 Å². The molecule has 60 heavy (non-hydrogen) atoms. The van der Waals surface area contributed by atoms with Gasteiger partial charge in [-0.1, -0.05) is 91.0 Å². The number of likely N-dealkylation sites (tertiary alicyclic amines) is 1. The highest BCUT2D eigenvalue weighted by Crippen LogP contribution is 2.78. The van der Waals surface area contributed by atoms with Crippen LogP contribution in [0.4, 0.5) is 0 Å². The summed E-state index contributed by atoms with van der Waals surface area (Å²) in [5.74, 6) is 1.63. The first-order chi connectivity index (χ1) is 28.2. The van der Waals surface area contributed by atoms with E-state index in [0.29, 0.717) is 41.9 Å². The Kier molecular flexibility index (Phi) is 9.81. The van der Waals surface area contributed by atoms with Gasteiger partial charge in [0.05, 0.1) is 29.0 Å². The summed E-state index contributed by atoms with van der Waals surface area (Å²) in [5, 5.41) is 9.71. The number of nitrogens with zero attached hydrogens (tertiary/aromatic N) is 3. The Balaban J connectivity index is 0.975. The summed E-state index contributed by atoms with van der Waals surface area (Å²) in [5.41, 5.74) is 2.56. The number of benzene rings is 1. The van der Waals surface area contributed by atoms with Crippen LogP contribution in [0.2, 0.25) is 0 Å². The van der Waals surface area contributed by atoms with E-state index in [-0.39, 0.29) is 51.1 Å². The molecule has 1 N–H and O–H groups in total. The van der Waals surface area contributed by atoms with Gasteiger partial charge in [0.1, 0.15) is 11.9 Å². The Morgan fingerprint density at radius 2 is 1.55 bits per heavy atom. The molecule has 1 aromatic heterocycles. The Labute approximate surface area is 359 Å². The van der Waals surface area contributed by atoms with E-state index in [9.17, 15) is 14.7 Å². The van der Waals surface area contributed by atoms with Crippen LogP contribution < -0.4 is 0 Å². The van der Waals surface area contributed by atoms with Crippen molar-refractivity contribution in [3.8, 4) is 11.3 Å². The zero-order valence-corrected chi connectivity index (χ0v) is 38.2. The highest BCUT2D eigenvalue weighted by atomic mass is 16.5. The first kappa shape index (κ1) is 41.9. The Morgan fingerprint density at radius 1 is 0.817 bits per heavy atom. The number of hydrogen-bond acceptors (Lipinski definition) is 5. The topological polar surface area (TPSA) is 102 Å². The number of allylic oxidation sites excluding steroid dienone is 1. The fourth-order valence-corrected chi connectivity index (χ4v) is 16.8. The number of carbonyl (C=O) groups excluding carboxylic acids is 2. The minimum Gasteiger partial charge on any atom is -0.481 e. The number of rotatable bonds is 7. The number of aromatic nitrogens is 2. The molecule has 326 valence electrons. The van der Waals surface area contributed by atoms with Crippen molar-refractivity contribution in [1.82, 2.24) is 14.5 Å². The normalized spacial score (nSPS) is 42.5. The number of esters is 1. The predicted molar refractivity (Wildman–Crippen MR) is 234 cm³/mol. The summed E-state index contributed by atoms with van der Waals surface area (Å²) in [6, 6.07) is 10.4. The van der Waals surface area contributed by atoms with E-state index in [1.54, 1.807) is 0 Å². The lowest BCUT2D eigenvalue weighted by atomic mass is 9.32. The molecule has 6 aliphatic carbocycles. The van der Waals surface area contributed by atoms with E-state index >= 15 is 4.79 Å². The van der Waals surface area contributed by atoms with E-state index in [0.717, 1.165) is 94.3 Å². The molecule has 1 aliphatic heterocycles. The van der Waals surface area contributed by atoms with Crippen LogP contribution in [-0.2, 0) is 26.2 Å². The number of carboxylic acids is 1. The average molecular weight is 820 g/mol. The van der Waals surface area contributed by atoms with Gasteiger partial charge in [0.15, 0.2) is 0 Å². The number of carbonyl (C=O) groups is 3. The van der Waals surface area contributed by atoms with E-state index in [4.69, 9.17) is 9.72 Å². The first-order valence-electron chi connectivity index (χ1n) is 23.7. The monoisotopic (exact) mass is 820 g/mol. The summed E-state index contributed by atoms with van der Waals surface area (Å²) >= 11 is 0. The largest absolute Gasteiger partial charge is 0.481 e. The highest BCUT2D eigenvalue weighted by Gasteiger charge is 2.72. The summed E-state index contributed by atoms with van der Waals surface area (Å²) in [6.45, 7) is 24.1. The Morgan fingerprint density at radius 3 is 2.23 bits per heavy atom. The first-order valence-corrected chi connectivity index (χ1v) is 23.7. The molecule has 7 fully saturated rings.